The lowest BCUT2D eigenvalue weighted by atomic mass is 10.2. The zero-order valence-electron chi connectivity index (χ0n) is 14.3. The third-order valence-electron chi connectivity index (χ3n) is 3.96. The van der Waals surface area contributed by atoms with E-state index in [9.17, 15) is 9.18 Å². The average Bonchev–Trinajstić information content (AvgIpc) is 2.83. The van der Waals surface area contributed by atoms with E-state index >= 15 is 0 Å². The molecule has 1 heterocycles. The SMILES string of the molecule is Cc1ccc(NC(=O)C(C)Nc2ccc3c(c2)OCCCO3)cc1F. The fourth-order valence-electron chi connectivity index (χ4n) is 2.49. The van der Waals surface area contributed by atoms with Gasteiger partial charge in [-0.05, 0) is 43.7 Å². The molecule has 25 heavy (non-hydrogen) atoms. The number of nitrogens with one attached hydrogen (secondary N) is 2. The summed E-state index contributed by atoms with van der Waals surface area (Å²) in [7, 11) is 0. The van der Waals surface area contributed by atoms with Crippen molar-refractivity contribution >= 4 is 17.3 Å². The molecule has 6 heteroatoms. The molecule has 1 aliphatic heterocycles. The molecule has 3 rings (SSSR count). The summed E-state index contributed by atoms with van der Waals surface area (Å²) in [5.74, 6) is 0.766. The highest BCUT2D eigenvalue weighted by atomic mass is 19.1. The minimum atomic E-state index is -0.505. The smallest absolute Gasteiger partial charge is 0.246 e. The van der Waals surface area contributed by atoms with Gasteiger partial charge in [0.2, 0.25) is 5.91 Å². The van der Waals surface area contributed by atoms with E-state index in [4.69, 9.17) is 9.47 Å². The van der Waals surface area contributed by atoms with Crippen molar-refractivity contribution in [1.29, 1.82) is 0 Å². The van der Waals surface area contributed by atoms with E-state index in [2.05, 4.69) is 10.6 Å². The largest absolute Gasteiger partial charge is 0.490 e. The number of carbonyl (C=O) groups is 1. The van der Waals surface area contributed by atoms with Crippen LogP contribution in [-0.2, 0) is 4.79 Å². The number of hydrogen-bond acceptors (Lipinski definition) is 4. The van der Waals surface area contributed by atoms with E-state index in [0.717, 1.165) is 12.1 Å². The molecule has 2 N–H and O–H groups in total. The van der Waals surface area contributed by atoms with Crippen LogP contribution >= 0.6 is 0 Å². The number of aryl methyl sites for hydroxylation is 1. The first-order valence-corrected chi connectivity index (χ1v) is 8.26. The predicted molar refractivity (Wildman–Crippen MR) is 94.9 cm³/mol. The first-order valence-electron chi connectivity index (χ1n) is 8.26. The molecule has 5 nitrogen and oxygen atoms in total. The van der Waals surface area contributed by atoms with Crippen molar-refractivity contribution in [2.24, 2.45) is 0 Å². The van der Waals surface area contributed by atoms with Gasteiger partial charge < -0.3 is 20.1 Å². The Balaban J connectivity index is 1.65. The number of carbonyl (C=O) groups excluding carboxylic acids is 1. The molecule has 0 bridgehead atoms. The van der Waals surface area contributed by atoms with Crippen molar-refractivity contribution in [1.82, 2.24) is 0 Å². The molecule has 0 fully saturated rings. The van der Waals surface area contributed by atoms with Crippen LogP contribution in [0.4, 0.5) is 15.8 Å². The lowest BCUT2D eigenvalue weighted by molar-refractivity contribution is -0.116. The Morgan fingerprint density at radius 1 is 1.08 bits per heavy atom. The predicted octanol–water partition coefficient (Wildman–Crippen LogP) is 3.73. The van der Waals surface area contributed by atoms with Crippen LogP contribution in [0, 0.1) is 12.7 Å². The standard InChI is InChI=1S/C19H21FN2O3/c1-12-4-5-14(10-16(12)20)22-19(23)13(2)21-15-6-7-17-18(11-15)25-9-3-8-24-17/h4-7,10-11,13,21H,3,8-9H2,1-2H3,(H,22,23). The van der Waals surface area contributed by atoms with Crippen molar-refractivity contribution in [2.45, 2.75) is 26.3 Å². The summed E-state index contributed by atoms with van der Waals surface area (Å²) in [6.45, 7) is 4.65. The number of halogens is 1. The van der Waals surface area contributed by atoms with Gasteiger partial charge in [-0.15, -0.1) is 0 Å². The fourth-order valence-corrected chi connectivity index (χ4v) is 2.49. The van der Waals surface area contributed by atoms with Gasteiger partial charge in [-0.2, -0.15) is 0 Å². The molecular weight excluding hydrogens is 323 g/mol. The molecule has 0 saturated carbocycles. The van der Waals surface area contributed by atoms with Gasteiger partial charge >= 0.3 is 0 Å². The number of benzene rings is 2. The quantitative estimate of drug-likeness (QED) is 0.887. The molecule has 0 aromatic heterocycles. The molecule has 1 atom stereocenters. The minimum Gasteiger partial charge on any atom is -0.490 e. The van der Waals surface area contributed by atoms with Gasteiger partial charge in [0.1, 0.15) is 11.9 Å². The highest BCUT2D eigenvalue weighted by molar-refractivity contribution is 5.96. The zero-order chi connectivity index (χ0) is 17.8. The summed E-state index contributed by atoms with van der Waals surface area (Å²) in [4.78, 5) is 12.3. The van der Waals surface area contributed by atoms with E-state index < -0.39 is 6.04 Å². The molecule has 1 amide bonds. The molecule has 0 saturated heterocycles. The number of fused-ring (bicyclic) bond motifs is 1. The Morgan fingerprint density at radius 3 is 2.56 bits per heavy atom. The van der Waals surface area contributed by atoms with Crippen LogP contribution in [-0.4, -0.2) is 25.2 Å². The van der Waals surface area contributed by atoms with Gasteiger partial charge in [0.05, 0.1) is 13.2 Å². The second-order valence-electron chi connectivity index (χ2n) is 6.03. The fraction of sp³-hybridized carbons (Fsp3) is 0.316. The van der Waals surface area contributed by atoms with E-state index in [1.807, 2.05) is 18.2 Å². The Bertz CT molecular complexity index is 779. The molecule has 132 valence electrons. The first-order chi connectivity index (χ1) is 12.0. The number of ether oxygens (including phenoxy) is 2. The molecule has 2 aromatic carbocycles. The maximum atomic E-state index is 13.6. The number of amides is 1. The third-order valence-corrected chi connectivity index (χ3v) is 3.96. The second-order valence-corrected chi connectivity index (χ2v) is 6.03. The lowest BCUT2D eigenvalue weighted by Gasteiger charge is -2.17. The molecule has 1 aliphatic rings. The maximum absolute atomic E-state index is 13.6. The zero-order valence-corrected chi connectivity index (χ0v) is 14.3. The summed E-state index contributed by atoms with van der Waals surface area (Å²) in [5.41, 5.74) is 1.72. The number of rotatable bonds is 4. The minimum absolute atomic E-state index is 0.254. The monoisotopic (exact) mass is 344 g/mol. The third kappa shape index (κ3) is 4.21. The van der Waals surface area contributed by atoms with Crippen molar-refractivity contribution in [2.75, 3.05) is 23.8 Å². The summed E-state index contributed by atoms with van der Waals surface area (Å²) < 4.78 is 24.8. The van der Waals surface area contributed by atoms with Crippen LogP contribution in [0.3, 0.4) is 0 Å². The first kappa shape index (κ1) is 17.1. The maximum Gasteiger partial charge on any atom is 0.246 e. The van der Waals surface area contributed by atoms with Gasteiger partial charge in [0, 0.05) is 23.9 Å². The average molecular weight is 344 g/mol. The van der Waals surface area contributed by atoms with Crippen LogP contribution in [0.5, 0.6) is 11.5 Å². The molecule has 2 aromatic rings. The molecule has 1 unspecified atom stereocenters. The Labute approximate surface area is 146 Å². The molecule has 0 spiro atoms. The van der Waals surface area contributed by atoms with Crippen molar-refractivity contribution in [3.8, 4) is 11.5 Å². The Kier molecular flexibility index (Phi) is 5.07. The van der Waals surface area contributed by atoms with Gasteiger partial charge in [-0.1, -0.05) is 6.07 Å². The summed E-state index contributed by atoms with van der Waals surface area (Å²) >= 11 is 0. The van der Waals surface area contributed by atoms with Crippen LogP contribution in [0.1, 0.15) is 18.9 Å². The number of hydrogen-bond donors (Lipinski definition) is 2. The molecular formula is C19H21FN2O3. The van der Waals surface area contributed by atoms with Crippen LogP contribution < -0.4 is 20.1 Å². The van der Waals surface area contributed by atoms with Crippen LogP contribution in [0.15, 0.2) is 36.4 Å². The molecule has 0 aliphatic carbocycles. The van der Waals surface area contributed by atoms with E-state index in [1.165, 1.54) is 6.07 Å². The van der Waals surface area contributed by atoms with E-state index in [-0.39, 0.29) is 11.7 Å². The second kappa shape index (κ2) is 7.42. The summed E-state index contributed by atoms with van der Waals surface area (Å²) in [5, 5.41) is 5.82. The van der Waals surface area contributed by atoms with Crippen molar-refractivity contribution in [3.05, 3.63) is 47.8 Å². The summed E-state index contributed by atoms with van der Waals surface area (Å²) in [6.07, 6.45) is 0.837. The Morgan fingerprint density at radius 2 is 1.80 bits per heavy atom. The molecule has 0 radical (unpaired) electrons. The topological polar surface area (TPSA) is 59.6 Å². The Hall–Kier alpha value is -2.76. The van der Waals surface area contributed by atoms with E-state index in [0.29, 0.717) is 36.0 Å². The lowest BCUT2D eigenvalue weighted by Crippen LogP contribution is -2.31. The van der Waals surface area contributed by atoms with Crippen molar-refractivity contribution in [3.63, 3.8) is 0 Å². The van der Waals surface area contributed by atoms with Crippen molar-refractivity contribution < 1.29 is 18.7 Å². The summed E-state index contributed by atoms with van der Waals surface area (Å²) in [6, 6.07) is 9.59. The van der Waals surface area contributed by atoms with Gasteiger partial charge in [-0.25, -0.2) is 4.39 Å². The highest BCUT2D eigenvalue weighted by Crippen LogP contribution is 2.32. The highest BCUT2D eigenvalue weighted by Gasteiger charge is 2.16. The van der Waals surface area contributed by atoms with Crippen LogP contribution in [0.2, 0.25) is 0 Å². The van der Waals surface area contributed by atoms with Gasteiger partial charge in [0.15, 0.2) is 11.5 Å². The number of anilines is 2. The van der Waals surface area contributed by atoms with Gasteiger partial charge in [0.25, 0.3) is 0 Å². The van der Waals surface area contributed by atoms with Gasteiger partial charge in [-0.3, -0.25) is 4.79 Å². The van der Waals surface area contributed by atoms with Crippen LogP contribution in [0.25, 0.3) is 0 Å². The normalized spacial score (nSPS) is 14.4. The van der Waals surface area contributed by atoms with E-state index in [1.54, 1.807) is 26.0 Å².